The second-order valence-corrected chi connectivity index (χ2v) is 7.35. The fourth-order valence-electron chi connectivity index (χ4n) is 2.84. The highest BCUT2D eigenvalue weighted by Crippen LogP contribution is 2.29. The highest BCUT2D eigenvalue weighted by molar-refractivity contribution is 7.99. The first-order valence-electron chi connectivity index (χ1n) is 7.58. The molecule has 3 atom stereocenters. The van der Waals surface area contributed by atoms with Crippen molar-refractivity contribution in [3.8, 4) is 0 Å². The van der Waals surface area contributed by atoms with Crippen molar-refractivity contribution in [3.05, 3.63) is 24.3 Å². The molecule has 0 saturated heterocycles. The topological polar surface area (TPSA) is 24.1 Å². The third-order valence-corrected chi connectivity index (χ3v) is 5.30. The van der Waals surface area contributed by atoms with Crippen LogP contribution < -0.4 is 10.6 Å². The first kappa shape index (κ1) is 17.5. The number of nitrogens with one attached hydrogen (secondary N) is 2. The van der Waals surface area contributed by atoms with Crippen LogP contribution in [0.4, 0.5) is 14.5 Å². The van der Waals surface area contributed by atoms with Gasteiger partial charge in [-0.05, 0) is 54.7 Å². The van der Waals surface area contributed by atoms with Gasteiger partial charge < -0.3 is 10.6 Å². The highest BCUT2D eigenvalue weighted by atomic mass is 32.2. The molecule has 1 aromatic carbocycles. The van der Waals surface area contributed by atoms with E-state index in [4.69, 9.17) is 12.2 Å². The van der Waals surface area contributed by atoms with E-state index in [-0.39, 0.29) is 0 Å². The monoisotopic (exact) mass is 344 g/mol. The van der Waals surface area contributed by atoms with Crippen LogP contribution >= 0.6 is 24.0 Å². The van der Waals surface area contributed by atoms with Gasteiger partial charge >= 0.3 is 0 Å². The molecule has 2 rings (SSSR count). The Bertz CT molecular complexity index is 493. The van der Waals surface area contributed by atoms with Gasteiger partial charge in [0.15, 0.2) is 5.11 Å². The van der Waals surface area contributed by atoms with Crippen molar-refractivity contribution in [2.24, 2.45) is 11.8 Å². The molecule has 2 N–H and O–H groups in total. The number of rotatable bonds is 4. The largest absolute Gasteiger partial charge is 0.359 e. The van der Waals surface area contributed by atoms with E-state index in [1.807, 2.05) is 0 Å². The number of hydrogen-bond acceptors (Lipinski definition) is 2. The molecule has 0 radical (unpaired) electrons. The standard InChI is InChI=1S/C16H22F2N2S2/c1-10-4-3-5-14(11(10)2)20-16(21)19-12-6-8-13(9-7-12)22-15(17)18/h6-11,14-15H,3-5H2,1-2H3,(H2,19,20,21)/t10-,11-,14+/m1/s1. The number of thioether (sulfide) groups is 1. The van der Waals surface area contributed by atoms with Gasteiger partial charge in [0.1, 0.15) is 0 Å². The lowest BCUT2D eigenvalue weighted by molar-refractivity contribution is 0.225. The quantitative estimate of drug-likeness (QED) is 0.585. The van der Waals surface area contributed by atoms with Crippen LogP contribution in [0.25, 0.3) is 0 Å². The lowest BCUT2D eigenvalue weighted by atomic mass is 9.78. The Morgan fingerprint density at radius 2 is 1.91 bits per heavy atom. The van der Waals surface area contributed by atoms with Crippen LogP contribution in [0.2, 0.25) is 0 Å². The summed E-state index contributed by atoms with van der Waals surface area (Å²) in [6.45, 7) is 4.55. The van der Waals surface area contributed by atoms with Crippen LogP contribution in [-0.2, 0) is 0 Å². The molecule has 1 saturated carbocycles. The molecule has 6 heteroatoms. The van der Waals surface area contributed by atoms with Crippen LogP contribution in [-0.4, -0.2) is 16.9 Å². The third-order valence-electron chi connectivity index (χ3n) is 4.36. The van der Waals surface area contributed by atoms with Crippen molar-refractivity contribution < 1.29 is 8.78 Å². The molecule has 0 aromatic heterocycles. The van der Waals surface area contributed by atoms with Gasteiger partial charge in [0.05, 0.1) is 0 Å². The normalized spacial score (nSPS) is 25.0. The fraction of sp³-hybridized carbons (Fsp3) is 0.562. The number of thiocarbonyl (C=S) groups is 1. The minimum atomic E-state index is -2.39. The first-order valence-corrected chi connectivity index (χ1v) is 8.87. The fourth-order valence-corrected chi connectivity index (χ4v) is 3.61. The maximum Gasteiger partial charge on any atom is 0.288 e. The van der Waals surface area contributed by atoms with Gasteiger partial charge in [0.2, 0.25) is 0 Å². The van der Waals surface area contributed by atoms with Gasteiger partial charge in [-0.1, -0.05) is 38.5 Å². The molecule has 0 spiro atoms. The number of hydrogen-bond donors (Lipinski definition) is 2. The Labute approximate surface area is 140 Å². The van der Waals surface area contributed by atoms with Gasteiger partial charge in [-0.3, -0.25) is 0 Å². The Morgan fingerprint density at radius 1 is 1.23 bits per heavy atom. The maximum atomic E-state index is 12.3. The molecule has 1 aliphatic rings. The van der Waals surface area contributed by atoms with Gasteiger partial charge in [-0.25, -0.2) is 0 Å². The molecule has 0 bridgehead atoms. The van der Waals surface area contributed by atoms with Crippen molar-refractivity contribution in [2.75, 3.05) is 5.32 Å². The summed E-state index contributed by atoms with van der Waals surface area (Å²) < 4.78 is 24.6. The molecule has 1 aromatic rings. The Hall–Kier alpha value is -0.880. The summed E-state index contributed by atoms with van der Waals surface area (Å²) in [6.07, 6.45) is 3.64. The van der Waals surface area contributed by atoms with Gasteiger partial charge in [-0.15, -0.1) is 0 Å². The van der Waals surface area contributed by atoms with Gasteiger partial charge in [0, 0.05) is 16.6 Å². The smallest absolute Gasteiger partial charge is 0.288 e. The van der Waals surface area contributed by atoms with E-state index in [1.165, 1.54) is 12.8 Å². The average molecular weight is 344 g/mol. The summed E-state index contributed by atoms with van der Waals surface area (Å²) in [6, 6.07) is 7.29. The zero-order valence-corrected chi connectivity index (χ0v) is 14.4. The molecular weight excluding hydrogens is 322 g/mol. The first-order chi connectivity index (χ1) is 10.5. The highest BCUT2D eigenvalue weighted by Gasteiger charge is 2.27. The summed E-state index contributed by atoms with van der Waals surface area (Å²) in [5, 5.41) is 7.12. The number of anilines is 1. The lowest BCUT2D eigenvalue weighted by Crippen LogP contribution is -2.45. The Kier molecular flexibility index (Phi) is 6.44. The van der Waals surface area contributed by atoms with Crippen LogP contribution in [0, 0.1) is 11.8 Å². The zero-order chi connectivity index (χ0) is 16.1. The maximum absolute atomic E-state index is 12.3. The lowest BCUT2D eigenvalue weighted by Gasteiger charge is -2.35. The van der Waals surface area contributed by atoms with E-state index in [0.717, 1.165) is 12.1 Å². The molecule has 1 aliphatic carbocycles. The summed E-state index contributed by atoms with van der Waals surface area (Å²) in [5.41, 5.74) is 0.813. The van der Waals surface area contributed by atoms with E-state index in [2.05, 4.69) is 24.5 Å². The summed E-state index contributed by atoms with van der Waals surface area (Å²) in [5.74, 6) is -1.09. The van der Waals surface area contributed by atoms with Gasteiger partial charge in [-0.2, -0.15) is 8.78 Å². The molecule has 1 fully saturated rings. The molecule has 0 amide bonds. The average Bonchev–Trinajstić information content (AvgIpc) is 2.45. The molecule has 22 heavy (non-hydrogen) atoms. The molecule has 122 valence electrons. The van der Waals surface area contributed by atoms with Crippen molar-refractivity contribution in [3.63, 3.8) is 0 Å². The van der Waals surface area contributed by atoms with Crippen molar-refractivity contribution in [1.82, 2.24) is 5.32 Å². The molecule has 0 heterocycles. The zero-order valence-electron chi connectivity index (χ0n) is 12.8. The SMILES string of the molecule is C[C@@H]1[C@H](C)CCC[C@@H]1NC(=S)Nc1ccc(SC(F)F)cc1. The van der Waals surface area contributed by atoms with E-state index in [0.29, 0.717) is 39.6 Å². The van der Waals surface area contributed by atoms with E-state index in [9.17, 15) is 8.78 Å². The predicted octanol–water partition coefficient (Wildman–Crippen LogP) is 5.11. The Morgan fingerprint density at radius 3 is 2.55 bits per heavy atom. The summed E-state index contributed by atoms with van der Waals surface area (Å²) in [7, 11) is 0. The van der Waals surface area contributed by atoms with Gasteiger partial charge in [0.25, 0.3) is 5.76 Å². The second-order valence-electron chi connectivity index (χ2n) is 5.88. The van der Waals surface area contributed by atoms with Crippen LogP contribution in [0.1, 0.15) is 33.1 Å². The molecule has 0 aliphatic heterocycles. The van der Waals surface area contributed by atoms with Crippen LogP contribution in [0.15, 0.2) is 29.2 Å². The van der Waals surface area contributed by atoms with Crippen molar-refractivity contribution in [2.45, 2.75) is 49.8 Å². The molecular formula is C16H22F2N2S2. The molecule has 0 unspecified atom stereocenters. The van der Waals surface area contributed by atoms with Crippen LogP contribution in [0.3, 0.4) is 0 Å². The van der Waals surface area contributed by atoms with Crippen LogP contribution in [0.5, 0.6) is 0 Å². The minimum absolute atomic E-state index is 0.400. The number of halogens is 2. The predicted molar refractivity (Wildman–Crippen MR) is 93.6 cm³/mol. The Balaban J connectivity index is 1.86. The third kappa shape index (κ3) is 5.09. The second kappa shape index (κ2) is 8.11. The molecule has 2 nitrogen and oxygen atoms in total. The van der Waals surface area contributed by atoms with Crippen molar-refractivity contribution >= 4 is 34.8 Å². The van der Waals surface area contributed by atoms with E-state index >= 15 is 0 Å². The number of alkyl halides is 2. The summed E-state index contributed by atoms with van der Waals surface area (Å²) in [4.78, 5) is 0.550. The van der Waals surface area contributed by atoms with E-state index < -0.39 is 5.76 Å². The van der Waals surface area contributed by atoms with E-state index in [1.54, 1.807) is 24.3 Å². The number of benzene rings is 1. The summed E-state index contributed by atoms with van der Waals surface area (Å²) >= 11 is 5.91. The van der Waals surface area contributed by atoms with Crippen molar-refractivity contribution in [1.29, 1.82) is 0 Å². The minimum Gasteiger partial charge on any atom is -0.359 e.